The molecule has 0 amide bonds. The maximum Gasteiger partial charge on any atom is 0.308 e. The molecular formula is C14H25NO2. The van der Waals surface area contributed by atoms with Gasteiger partial charge in [-0.3, -0.25) is 4.79 Å². The van der Waals surface area contributed by atoms with Gasteiger partial charge in [0.2, 0.25) is 0 Å². The van der Waals surface area contributed by atoms with Crippen molar-refractivity contribution < 1.29 is 9.90 Å². The summed E-state index contributed by atoms with van der Waals surface area (Å²) in [5, 5.41) is 9.09. The van der Waals surface area contributed by atoms with Crippen LogP contribution in [0.2, 0.25) is 0 Å². The minimum absolute atomic E-state index is 0.138. The zero-order chi connectivity index (χ0) is 12.3. The second kappa shape index (κ2) is 5.85. The molecule has 2 atom stereocenters. The van der Waals surface area contributed by atoms with Crippen molar-refractivity contribution in [2.24, 2.45) is 17.8 Å². The van der Waals surface area contributed by atoms with Crippen LogP contribution in [0.3, 0.4) is 0 Å². The first kappa shape index (κ1) is 12.9. The van der Waals surface area contributed by atoms with E-state index in [9.17, 15) is 4.79 Å². The number of aliphatic carboxylic acids is 1. The highest BCUT2D eigenvalue weighted by Crippen LogP contribution is 2.28. The van der Waals surface area contributed by atoms with Gasteiger partial charge in [-0.25, -0.2) is 0 Å². The molecule has 0 bridgehead atoms. The first-order valence-electron chi connectivity index (χ1n) is 7.12. The van der Waals surface area contributed by atoms with Crippen LogP contribution in [0.15, 0.2) is 0 Å². The van der Waals surface area contributed by atoms with Crippen molar-refractivity contribution in [3.05, 3.63) is 0 Å². The van der Waals surface area contributed by atoms with Gasteiger partial charge in [0.1, 0.15) is 0 Å². The summed E-state index contributed by atoms with van der Waals surface area (Å²) in [4.78, 5) is 13.4. The predicted molar refractivity (Wildman–Crippen MR) is 67.9 cm³/mol. The molecule has 2 aliphatic rings. The largest absolute Gasteiger partial charge is 0.481 e. The number of hydrogen-bond acceptors (Lipinski definition) is 2. The van der Waals surface area contributed by atoms with E-state index in [0.717, 1.165) is 25.6 Å². The molecule has 1 aliphatic carbocycles. The Morgan fingerprint density at radius 3 is 2.53 bits per heavy atom. The lowest BCUT2D eigenvalue weighted by molar-refractivity contribution is -0.142. The van der Waals surface area contributed by atoms with Crippen molar-refractivity contribution in [3.8, 4) is 0 Å². The Labute approximate surface area is 104 Å². The molecule has 0 radical (unpaired) electrons. The SMILES string of the molecule is CC1CN(CCC2CCCCC2)CC1C(=O)O. The monoisotopic (exact) mass is 239 g/mol. The molecule has 1 N–H and O–H groups in total. The molecule has 2 fully saturated rings. The van der Waals surface area contributed by atoms with Gasteiger partial charge in [-0.15, -0.1) is 0 Å². The minimum Gasteiger partial charge on any atom is -0.481 e. The lowest BCUT2D eigenvalue weighted by Gasteiger charge is -2.24. The number of carbonyl (C=O) groups is 1. The van der Waals surface area contributed by atoms with Crippen LogP contribution in [0, 0.1) is 17.8 Å². The van der Waals surface area contributed by atoms with E-state index in [-0.39, 0.29) is 5.92 Å². The summed E-state index contributed by atoms with van der Waals surface area (Å²) in [5.41, 5.74) is 0. The van der Waals surface area contributed by atoms with E-state index < -0.39 is 5.97 Å². The molecule has 1 saturated carbocycles. The third kappa shape index (κ3) is 3.44. The highest BCUT2D eigenvalue weighted by atomic mass is 16.4. The fraction of sp³-hybridized carbons (Fsp3) is 0.929. The lowest BCUT2D eigenvalue weighted by atomic mass is 9.87. The van der Waals surface area contributed by atoms with Crippen molar-refractivity contribution in [2.75, 3.05) is 19.6 Å². The number of rotatable bonds is 4. The van der Waals surface area contributed by atoms with Gasteiger partial charge >= 0.3 is 5.97 Å². The van der Waals surface area contributed by atoms with Crippen molar-refractivity contribution in [1.82, 2.24) is 4.90 Å². The van der Waals surface area contributed by atoms with Crippen molar-refractivity contribution in [3.63, 3.8) is 0 Å². The van der Waals surface area contributed by atoms with Gasteiger partial charge < -0.3 is 10.0 Å². The van der Waals surface area contributed by atoms with Crippen LogP contribution in [-0.4, -0.2) is 35.6 Å². The quantitative estimate of drug-likeness (QED) is 0.820. The minimum atomic E-state index is -0.613. The molecule has 3 heteroatoms. The van der Waals surface area contributed by atoms with Gasteiger partial charge in [0, 0.05) is 13.1 Å². The van der Waals surface area contributed by atoms with Gasteiger partial charge in [-0.1, -0.05) is 39.0 Å². The molecule has 17 heavy (non-hydrogen) atoms. The molecule has 0 aromatic heterocycles. The summed E-state index contributed by atoms with van der Waals surface area (Å²) in [6.07, 6.45) is 8.28. The van der Waals surface area contributed by atoms with Crippen molar-refractivity contribution in [1.29, 1.82) is 0 Å². The molecule has 0 aromatic rings. The van der Waals surface area contributed by atoms with E-state index in [1.807, 2.05) is 0 Å². The predicted octanol–water partition coefficient (Wildman–Crippen LogP) is 2.61. The van der Waals surface area contributed by atoms with Crippen LogP contribution in [0.1, 0.15) is 45.4 Å². The highest BCUT2D eigenvalue weighted by Gasteiger charge is 2.34. The van der Waals surface area contributed by atoms with Crippen LogP contribution in [0.4, 0.5) is 0 Å². The Balaban J connectivity index is 1.71. The molecule has 3 nitrogen and oxygen atoms in total. The number of nitrogens with zero attached hydrogens (tertiary/aromatic N) is 1. The smallest absolute Gasteiger partial charge is 0.308 e. The maximum atomic E-state index is 11.0. The van der Waals surface area contributed by atoms with E-state index in [0.29, 0.717) is 5.92 Å². The Bertz CT molecular complexity index is 261. The Morgan fingerprint density at radius 2 is 1.94 bits per heavy atom. The lowest BCUT2D eigenvalue weighted by Crippen LogP contribution is -2.26. The van der Waals surface area contributed by atoms with Crippen molar-refractivity contribution in [2.45, 2.75) is 45.4 Å². The van der Waals surface area contributed by atoms with Gasteiger partial charge in [-0.2, -0.15) is 0 Å². The summed E-state index contributed by atoms with van der Waals surface area (Å²) in [6.45, 7) is 4.92. The van der Waals surface area contributed by atoms with Gasteiger partial charge in [0.15, 0.2) is 0 Å². The molecule has 2 rings (SSSR count). The number of carboxylic acid groups (broad SMARTS) is 1. The summed E-state index contributed by atoms with van der Waals surface area (Å²) in [5.74, 6) is 0.473. The number of hydrogen-bond donors (Lipinski definition) is 1. The topological polar surface area (TPSA) is 40.5 Å². The zero-order valence-corrected chi connectivity index (χ0v) is 10.9. The van der Waals surface area contributed by atoms with Gasteiger partial charge in [-0.05, 0) is 24.8 Å². The first-order chi connectivity index (χ1) is 8.16. The number of carboxylic acids is 1. The summed E-state index contributed by atoms with van der Waals surface area (Å²) in [6, 6.07) is 0. The van der Waals surface area contributed by atoms with Gasteiger partial charge in [0.25, 0.3) is 0 Å². The standard InChI is InChI=1S/C14H25NO2/c1-11-9-15(10-13(11)14(16)17)8-7-12-5-3-2-4-6-12/h11-13H,2-10H2,1H3,(H,16,17). The van der Waals surface area contributed by atoms with Crippen LogP contribution < -0.4 is 0 Å². The summed E-state index contributed by atoms with van der Waals surface area (Å²) in [7, 11) is 0. The molecule has 2 unspecified atom stereocenters. The fourth-order valence-electron chi connectivity index (χ4n) is 3.41. The first-order valence-corrected chi connectivity index (χ1v) is 7.12. The van der Waals surface area contributed by atoms with Crippen LogP contribution in [-0.2, 0) is 4.79 Å². The molecule has 1 heterocycles. The van der Waals surface area contributed by atoms with Crippen molar-refractivity contribution >= 4 is 5.97 Å². The van der Waals surface area contributed by atoms with E-state index in [1.54, 1.807) is 0 Å². The zero-order valence-electron chi connectivity index (χ0n) is 10.9. The van der Waals surface area contributed by atoms with E-state index in [4.69, 9.17) is 5.11 Å². The fourth-order valence-corrected chi connectivity index (χ4v) is 3.41. The van der Waals surface area contributed by atoms with E-state index in [2.05, 4.69) is 11.8 Å². The third-order valence-electron chi connectivity index (χ3n) is 4.58. The Hall–Kier alpha value is -0.570. The summed E-state index contributed by atoms with van der Waals surface area (Å²) >= 11 is 0. The van der Waals surface area contributed by atoms with Crippen LogP contribution >= 0.6 is 0 Å². The Morgan fingerprint density at radius 1 is 1.24 bits per heavy atom. The maximum absolute atomic E-state index is 11.0. The molecule has 0 spiro atoms. The van der Waals surface area contributed by atoms with Gasteiger partial charge in [0.05, 0.1) is 5.92 Å². The molecule has 1 saturated heterocycles. The van der Waals surface area contributed by atoms with Crippen LogP contribution in [0.25, 0.3) is 0 Å². The molecule has 1 aliphatic heterocycles. The molecule has 98 valence electrons. The van der Waals surface area contributed by atoms with E-state index >= 15 is 0 Å². The third-order valence-corrected chi connectivity index (χ3v) is 4.58. The van der Waals surface area contributed by atoms with E-state index in [1.165, 1.54) is 38.5 Å². The molecule has 0 aromatic carbocycles. The normalized spacial score (nSPS) is 31.8. The molecular weight excluding hydrogens is 214 g/mol. The Kier molecular flexibility index (Phi) is 4.43. The second-order valence-corrected chi connectivity index (χ2v) is 5.97. The van der Waals surface area contributed by atoms with Crippen LogP contribution in [0.5, 0.6) is 0 Å². The number of likely N-dealkylation sites (tertiary alicyclic amines) is 1. The summed E-state index contributed by atoms with van der Waals surface area (Å²) < 4.78 is 0. The average Bonchev–Trinajstić information content (AvgIpc) is 2.69. The average molecular weight is 239 g/mol. The second-order valence-electron chi connectivity index (χ2n) is 5.97. The highest BCUT2D eigenvalue weighted by molar-refractivity contribution is 5.71.